The zero-order valence-corrected chi connectivity index (χ0v) is 13.8. The molecule has 0 aromatic heterocycles. The molecule has 0 radical (unpaired) electrons. The average molecular weight is 300 g/mol. The molecule has 1 amide bonds. The van der Waals surface area contributed by atoms with Gasteiger partial charge >= 0.3 is 12.1 Å². The monoisotopic (exact) mass is 300 g/mol. The van der Waals surface area contributed by atoms with Crippen LogP contribution in [0.4, 0.5) is 4.79 Å². The minimum absolute atomic E-state index is 0.0656. The van der Waals surface area contributed by atoms with E-state index in [1.54, 1.807) is 4.90 Å². The molecule has 1 N–H and O–H groups in total. The third-order valence-corrected chi connectivity index (χ3v) is 3.47. The van der Waals surface area contributed by atoms with Crippen molar-refractivity contribution in [3.63, 3.8) is 0 Å². The molecule has 1 rings (SSSR count). The molecular formula is C15H28N2O4. The molecule has 0 aromatic carbocycles. The van der Waals surface area contributed by atoms with Gasteiger partial charge in [0.1, 0.15) is 5.60 Å². The molecule has 0 spiro atoms. The zero-order valence-electron chi connectivity index (χ0n) is 13.8. The maximum Gasteiger partial charge on any atom is 0.410 e. The van der Waals surface area contributed by atoms with E-state index in [9.17, 15) is 9.59 Å². The Kier molecular flexibility index (Phi) is 6.01. The van der Waals surface area contributed by atoms with Crippen molar-refractivity contribution in [1.29, 1.82) is 0 Å². The second-order valence-corrected chi connectivity index (χ2v) is 6.88. The molecule has 1 saturated heterocycles. The van der Waals surface area contributed by atoms with Crippen LogP contribution in [0.25, 0.3) is 0 Å². The summed E-state index contributed by atoms with van der Waals surface area (Å²) in [5.74, 6) is -0.804. The first-order valence-corrected chi connectivity index (χ1v) is 7.55. The second-order valence-electron chi connectivity index (χ2n) is 6.88. The molecule has 6 nitrogen and oxygen atoms in total. The van der Waals surface area contributed by atoms with Gasteiger partial charge in [0.25, 0.3) is 0 Å². The highest BCUT2D eigenvalue weighted by atomic mass is 16.6. The highest BCUT2D eigenvalue weighted by Gasteiger charge is 2.32. The molecule has 0 saturated carbocycles. The molecule has 1 fully saturated rings. The van der Waals surface area contributed by atoms with Crippen molar-refractivity contribution < 1.29 is 19.4 Å². The van der Waals surface area contributed by atoms with Gasteiger partial charge in [-0.2, -0.15) is 0 Å². The number of carboxylic acid groups (broad SMARTS) is 1. The van der Waals surface area contributed by atoms with Gasteiger partial charge < -0.3 is 14.7 Å². The van der Waals surface area contributed by atoms with Gasteiger partial charge in [-0.3, -0.25) is 9.69 Å². The molecule has 122 valence electrons. The van der Waals surface area contributed by atoms with E-state index in [0.717, 1.165) is 12.8 Å². The Labute approximate surface area is 127 Å². The molecule has 0 unspecified atom stereocenters. The fraction of sp³-hybridized carbons (Fsp3) is 0.867. The van der Waals surface area contributed by atoms with E-state index < -0.39 is 11.6 Å². The first-order valence-electron chi connectivity index (χ1n) is 7.55. The predicted molar refractivity (Wildman–Crippen MR) is 80.3 cm³/mol. The van der Waals surface area contributed by atoms with E-state index >= 15 is 0 Å². The Morgan fingerprint density at radius 1 is 1.29 bits per heavy atom. The highest BCUT2D eigenvalue weighted by molar-refractivity contribution is 5.69. The molecule has 1 heterocycles. The molecule has 1 aliphatic rings. The van der Waals surface area contributed by atoms with E-state index in [0.29, 0.717) is 13.1 Å². The van der Waals surface area contributed by atoms with Crippen LogP contribution in [0.15, 0.2) is 0 Å². The lowest BCUT2D eigenvalue weighted by Crippen LogP contribution is -2.52. The largest absolute Gasteiger partial charge is 0.480 e. The van der Waals surface area contributed by atoms with Crippen LogP contribution in [0, 0.1) is 0 Å². The van der Waals surface area contributed by atoms with Crippen LogP contribution in [0.1, 0.15) is 47.5 Å². The number of piperidine rings is 1. The van der Waals surface area contributed by atoms with E-state index in [4.69, 9.17) is 9.84 Å². The van der Waals surface area contributed by atoms with Crippen molar-refractivity contribution in [2.75, 3.05) is 19.6 Å². The number of hydrogen-bond donors (Lipinski definition) is 1. The van der Waals surface area contributed by atoms with Crippen LogP contribution < -0.4 is 0 Å². The first kappa shape index (κ1) is 17.8. The van der Waals surface area contributed by atoms with Crippen LogP contribution in [0.2, 0.25) is 0 Å². The molecule has 6 heteroatoms. The van der Waals surface area contributed by atoms with E-state index in [2.05, 4.69) is 0 Å². The smallest absolute Gasteiger partial charge is 0.410 e. The quantitative estimate of drug-likeness (QED) is 0.861. The van der Waals surface area contributed by atoms with Crippen molar-refractivity contribution in [2.24, 2.45) is 0 Å². The number of aliphatic carboxylic acids is 1. The molecule has 1 aliphatic heterocycles. The lowest BCUT2D eigenvalue weighted by molar-refractivity contribution is -0.138. The second kappa shape index (κ2) is 7.11. The molecule has 0 atom stereocenters. The van der Waals surface area contributed by atoms with E-state index in [1.807, 2.05) is 39.5 Å². The number of hydrogen-bond acceptors (Lipinski definition) is 4. The fourth-order valence-electron chi connectivity index (χ4n) is 2.64. The summed E-state index contributed by atoms with van der Waals surface area (Å²) >= 11 is 0. The standard InChI is InChI=1S/C15H28N2O4/c1-11(2)17(14(20)21-15(3,4)5)12-6-8-16(9-7-12)10-13(18)19/h11-12H,6-10H2,1-5H3,(H,18,19). The van der Waals surface area contributed by atoms with Gasteiger partial charge in [0.15, 0.2) is 0 Å². The summed E-state index contributed by atoms with van der Waals surface area (Å²) < 4.78 is 5.49. The summed E-state index contributed by atoms with van der Waals surface area (Å²) in [5.41, 5.74) is -0.506. The Morgan fingerprint density at radius 2 is 1.81 bits per heavy atom. The van der Waals surface area contributed by atoms with Gasteiger partial charge in [-0.05, 0) is 47.5 Å². The van der Waals surface area contributed by atoms with Crippen molar-refractivity contribution in [3.8, 4) is 0 Å². The number of carboxylic acids is 1. The fourth-order valence-corrected chi connectivity index (χ4v) is 2.64. The summed E-state index contributed by atoms with van der Waals surface area (Å²) in [6, 6.07) is 0.181. The van der Waals surface area contributed by atoms with Crippen LogP contribution in [-0.2, 0) is 9.53 Å². The maximum atomic E-state index is 12.4. The molecule has 0 bridgehead atoms. The lowest BCUT2D eigenvalue weighted by Gasteiger charge is -2.40. The number of carbonyl (C=O) groups is 2. The van der Waals surface area contributed by atoms with Crippen molar-refractivity contribution in [1.82, 2.24) is 9.80 Å². The minimum Gasteiger partial charge on any atom is -0.480 e. The van der Waals surface area contributed by atoms with Crippen LogP contribution in [0.3, 0.4) is 0 Å². The summed E-state index contributed by atoms with van der Waals surface area (Å²) in [6.45, 7) is 11.0. The van der Waals surface area contributed by atoms with Crippen molar-refractivity contribution in [2.45, 2.75) is 65.1 Å². The summed E-state index contributed by atoms with van der Waals surface area (Å²) in [5, 5.41) is 8.82. The van der Waals surface area contributed by atoms with E-state index in [1.165, 1.54) is 0 Å². The highest BCUT2D eigenvalue weighted by Crippen LogP contribution is 2.21. The number of amides is 1. The molecular weight excluding hydrogens is 272 g/mol. The Hall–Kier alpha value is -1.30. The average Bonchev–Trinajstić information content (AvgIpc) is 2.27. The third kappa shape index (κ3) is 5.91. The van der Waals surface area contributed by atoms with Gasteiger partial charge in [-0.25, -0.2) is 4.79 Å². The Morgan fingerprint density at radius 3 is 2.19 bits per heavy atom. The Bertz CT molecular complexity index is 368. The van der Waals surface area contributed by atoms with E-state index in [-0.39, 0.29) is 24.7 Å². The summed E-state index contributed by atoms with van der Waals surface area (Å²) in [4.78, 5) is 26.8. The van der Waals surface area contributed by atoms with Crippen LogP contribution >= 0.6 is 0 Å². The van der Waals surface area contributed by atoms with Gasteiger partial charge in [0, 0.05) is 25.2 Å². The molecule has 0 aromatic rings. The van der Waals surface area contributed by atoms with Gasteiger partial charge in [0.2, 0.25) is 0 Å². The number of carbonyl (C=O) groups excluding carboxylic acids is 1. The predicted octanol–water partition coefficient (Wildman–Crippen LogP) is 2.18. The number of ether oxygens (including phenoxy) is 1. The van der Waals surface area contributed by atoms with Crippen molar-refractivity contribution >= 4 is 12.1 Å². The summed E-state index contributed by atoms with van der Waals surface area (Å²) in [6.07, 6.45) is 1.28. The van der Waals surface area contributed by atoms with Crippen molar-refractivity contribution in [3.05, 3.63) is 0 Å². The number of nitrogens with zero attached hydrogens (tertiary/aromatic N) is 2. The number of rotatable bonds is 4. The van der Waals surface area contributed by atoms with Crippen LogP contribution in [0.5, 0.6) is 0 Å². The van der Waals surface area contributed by atoms with Crippen LogP contribution in [-0.4, -0.2) is 64.3 Å². The van der Waals surface area contributed by atoms with Gasteiger partial charge in [-0.15, -0.1) is 0 Å². The molecule has 0 aliphatic carbocycles. The lowest BCUT2D eigenvalue weighted by atomic mass is 10.0. The first-order chi connectivity index (χ1) is 9.60. The third-order valence-electron chi connectivity index (χ3n) is 3.47. The number of likely N-dealkylation sites (tertiary alicyclic amines) is 1. The Balaban J connectivity index is 2.63. The zero-order chi connectivity index (χ0) is 16.2. The SMILES string of the molecule is CC(C)N(C(=O)OC(C)(C)C)C1CCN(CC(=O)O)CC1. The summed E-state index contributed by atoms with van der Waals surface area (Å²) in [7, 11) is 0. The van der Waals surface area contributed by atoms with Gasteiger partial charge in [-0.1, -0.05) is 0 Å². The maximum absolute atomic E-state index is 12.4. The minimum atomic E-state index is -0.804. The topological polar surface area (TPSA) is 70.1 Å². The van der Waals surface area contributed by atoms with Gasteiger partial charge in [0.05, 0.1) is 6.54 Å². The normalized spacial score (nSPS) is 17.8. The molecule has 21 heavy (non-hydrogen) atoms.